The lowest BCUT2D eigenvalue weighted by Gasteiger charge is -2.40. The smallest absolute Gasteiger partial charge is 0.0717 e. The maximum atomic E-state index is 2.49. The quantitative estimate of drug-likeness (QED) is 0.171. The van der Waals surface area contributed by atoms with Crippen molar-refractivity contribution < 1.29 is 0 Å². The van der Waals surface area contributed by atoms with E-state index >= 15 is 0 Å². The zero-order chi connectivity index (χ0) is 34.5. The van der Waals surface area contributed by atoms with E-state index in [2.05, 4.69) is 217 Å². The van der Waals surface area contributed by atoms with Crippen LogP contribution in [0.15, 0.2) is 212 Å². The second kappa shape index (κ2) is 12.4. The Morgan fingerprint density at radius 3 is 1.60 bits per heavy atom. The average Bonchev–Trinajstić information content (AvgIpc) is 3.54. The normalized spacial score (nSPS) is 17.5. The van der Waals surface area contributed by atoms with E-state index in [1.165, 1.54) is 55.7 Å². The van der Waals surface area contributed by atoms with Gasteiger partial charge >= 0.3 is 0 Å². The fraction of sp³-hybridized carbons (Fsp3) is 0.0588. The van der Waals surface area contributed by atoms with Crippen LogP contribution in [0, 0.1) is 5.92 Å². The molecular formula is C51H37N. The Labute approximate surface area is 306 Å². The Balaban J connectivity index is 1.25. The molecule has 0 spiro atoms. The monoisotopic (exact) mass is 663 g/mol. The summed E-state index contributed by atoms with van der Waals surface area (Å²) in [5.41, 5.74) is 16.1. The Hall–Kier alpha value is -6.44. The van der Waals surface area contributed by atoms with Crippen molar-refractivity contribution in [3.8, 4) is 11.1 Å². The fourth-order valence-corrected chi connectivity index (χ4v) is 9.18. The van der Waals surface area contributed by atoms with Gasteiger partial charge in [0.05, 0.1) is 5.41 Å². The molecule has 0 saturated carbocycles. The van der Waals surface area contributed by atoms with Gasteiger partial charge in [0.2, 0.25) is 0 Å². The van der Waals surface area contributed by atoms with Gasteiger partial charge in [-0.15, -0.1) is 0 Å². The molecule has 1 heteroatoms. The third-order valence-corrected chi connectivity index (χ3v) is 11.3. The van der Waals surface area contributed by atoms with E-state index < -0.39 is 5.41 Å². The molecule has 2 atom stereocenters. The number of anilines is 3. The molecule has 52 heavy (non-hydrogen) atoms. The number of hydrogen-bond donors (Lipinski definition) is 0. The molecule has 0 aromatic heterocycles. The molecule has 2 unspecified atom stereocenters. The number of fused-ring (bicyclic) bond motifs is 7. The summed E-state index contributed by atoms with van der Waals surface area (Å²) < 4.78 is 0. The Morgan fingerprint density at radius 2 is 0.923 bits per heavy atom. The van der Waals surface area contributed by atoms with Crippen LogP contribution in [0.4, 0.5) is 17.1 Å². The van der Waals surface area contributed by atoms with Crippen molar-refractivity contribution in [2.45, 2.75) is 11.3 Å². The molecule has 7 aromatic carbocycles. The number of allylic oxidation sites excluding steroid dienone is 6. The van der Waals surface area contributed by atoms with Crippen LogP contribution in [0.1, 0.15) is 39.3 Å². The standard InChI is InChI=1S/C51H37N/c1-5-17-36(18-6-1)37-29-31-41(32-30-37)52(40-23-11-4-12-24-40)42-33-34-47-48(35-42)51(38-19-7-2-8-20-38,39-21-9-3-10-22-39)50-46-28-16-14-26-44(46)43-25-13-15-27-45(43)49(47)50/h1-35,43,45H. The molecule has 3 aliphatic carbocycles. The molecule has 0 saturated heterocycles. The number of rotatable bonds is 6. The van der Waals surface area contributed by atoms with Gasteiger partial charge in [-0.3, -0.25) is 0 Å². The molecule has 0 bridgehead atoms. The van der Waals surface area contributed by atoms with Crippen molar-refractivity contribution in [2.75, 3.05) is 4.90 Å². The minimum Gasteiger partial charge on any atom is -0.310 e. The average molecular weight is 664 g/mol. The highest BCUT2D eigenvalue weighted by Gasteiger charge is 2.53. The summed E-state index contributed by atoms with van der Waals surface area (Å²) >= 11 is 0. The minimum atomic E-state index is -0.529. The van der Waals surface area contributed by atoms with E-state index in [1.54, 1.807) is 0 Å². The van der Waals surface area contributed by atoms with Gasteiger partial charge in [-0.05, 0) is 92.1 Å². The highest BCUT2D eigenvalue weighted by Crippen LogP contribution is 2.65. The van der Waals surface area contributed by atoms with Crippen molar-refractivity contribution in [3.63, 3.8) is 0 Å². The Kier molecular flexibility index (Phi) is 7.25. The Bertz CT molecular complexity index is 2450. The minimum absolute atomic E-state index is 0.240. The van der Waals surface area contributed by atoms with Gasteiger partial charge in [0.15, 0.2) is 0 Å². The van der Waals surface area contributed by atoms with Gasteiger partial charge in [-0.2, -0.15) is 0 Å². The lowest BCUT2D eigenvalue weighted by atomic mass is 9.61. The first-order valence-corrected chi connectivity index (χ1v) is 18.3. The van der Waals surface area contributed by atoms with Crippen LogP contribution in [-0.2, 0) is 5.41 Å². The summed E-state index contributed by atoms with van der Waals surface area (Å²) in [7, 11) is 0. The summed E-state index contributed by atoms with van der Waals surface area (Å²) in [6.45, 7) is 0. The van der Waals surface area contributed by atoms with Crippen LogP contribution in [0.25, 0.3) is 22.3 Å². The predicted octanol–water partition coefficient (Wildman–Crippen LogP) is 12.9. The molecule has 246 valence electrons. The van der Waals surface area contributed by atoms with E-state index in [1.807, 2.05) is 0 Å². The molecule has 10 rings (SSSR count). The summed E-state index contributed by atoms with van der Waals surface area (Å²) in [5, 5.41) is 0. The molecule has 0 amide bonds. The first-order chi connectivity index (χ1) is 25.8. The summed E-state index contributed by atoms with van der Waals surface area (Å²) in [5.74, 6) is 0.531. The molecule has 0 radical (unpaired) electrons. The van der Waals surface area contributed by atoms with Crippen molar-refractivity contribution in [1.82, 2.24) is 0 Å². The van der Waals surface area contributed by atoms with E-state index in [4.69, 9.17) is 0 Å². The lowest BCUT2D eigenvalue weighted by Crippen LogP contribution is -2.31. The SMILES string of the molecule is C1=CC2C3=C(c4ccccc4C2C=C1)C(c1ccccc1)(c1ccccc1)c1cc(N(c2ccccc2)c2ccc(-c4ccccc4)cc2)ccc13. The van der Waals surface area contributed by atoms with E-state index in [-0.39, 0.29) is 5.92 Å². The highest BCUT2D eigenvalue weighted by atomic mass is 15.1. The van der Waals surface area contributed by atoms with E-state index in [0.717, 1.165) is 17.1 Å². The van der Waals surface area contributed by atoms with Crippen LogP contribution in [-0.4, -0.2) is 0 Å². The van der Waals surface area contributed by atoms with Crippen LogP contribution in [0.2, 0.25) is 0 Å². The topological polar surface area (TPSA) is 3.24 Å². The number of hydrogen-bond acceptors (Lipinski definition) is 1. The Morgan fingerprint density at radius 1 is 0.404 bits per heavy atom. The van der Waals surface area contributed by atoms with Gasteiger partial charge in [-0.1, -0.05) is 176 Å². The molecule has 0 aliphatic heterocycles. The molecule has 0 N–H and O–H groups in total. The summed E-state index contributed by atoms with van der Waals surface area (Å²) in [4.78, 5) is 2.41. The van der Waals surface area contributed by atoms with Gasteiger partial charge < -0.3 is 4.90 Å². The van der Waals surface area contributed by atoms with Crippen molar-refractivity contribution >= 4 is 28.2 Å². The largest absolute Gasteiger partial charge is 0.310 e. The van der Waals surface area contributed by atoms with Gasteiger partial charge in [0.1, 0.15) is 0 Å². The van der Waals surface area contributed by atoms with Crippen molar-refractivity contribution in [2.24, 2.45) is 5.92 Å². The third kappa shape index (κ3) is 4.63. The van der Waals surface area contributed by atoms with Crippen molar-refractivity contribution in [3.05, 3.63) is 246 Å². The first kappa shape index (κ1) is 30.4. The van der Waals surface area contributed by atoms with E-state index in [9.17, 15) is 0 Å². The molecule has 3 aliphatic rings. The summed E-state index contributed by atoms with van der Waals surface area (Å²) in [6.07, 6.45) is 9.31. The second-order valence-electron chi connectivity index (χ2n) is 14.0. The van der Waals surface area contributed by atoms with Crippen molar-refractivity contribution in [1.29, 1.82) is 0 Å². The number of benzene rings is 7. The molecular weight excluding hydrogens is 627 g/mol. The van der Waals surface area contributed by atoms with Gasteiger partial charge in [0.25, 0.3) is 0 Å². The number of nitrogens with zero attached hydrogens (tertiary/aromatic N) is 1. The highest BCUT2D eigenvalue weighted by molar-refractivity contribution is 6.09. The maximum absolute atomic E-state index is 2.49. The van der Waals surface area contributed by atoms with Crippen LogP contribution < -0.4 is 4.90 Å². The summed E-state index contributed by atoms with van der Waals surface area (Å²) in [6, 6.07) is 69.2. The van der Waals surface area contributed by atoms with Crippen LogP contribution in [0.3, 0.4) is 0 Å². The predicted molar refractivity (Wildman–Crippen MR) is 217 cm³/mol. The zero-order valence-electron chi connectivity index (χ0n) is 28.8. The molecule has 7 aromatic rings. The molecule has 0 fully saturated rings. The number of para-hydroxylation sites is 1. The maximum Gasteiger partial charge on any atom is 0.0717 e. The van der Waals surface area contributed by atoms with Gasteiger partial charge in [-0.25, -0.2) is 0 Å². The van der Waals surface area contributed by atoms with Gasteiger partial charge in [0, 0.05) is 28.9 Å². The van der Waals surface area contributed by atoms with Crippen LogP contribution >= 0.6 is 0 Å². The second-order valence-corrected chi connectivity index (χ2v) is 14.0. The molecule has 0 heterocycles. The van der Waals surface area contributed by atoms with E-state index in [0.29, 0.717) is 5.92 Å². The first-order valence-electron chi connectivity index (χ1n) is 18.3. The fourth-order valence-electron chi connectivity index (χ4n) is 9.18. The lowest BCUT2D eigenvalue weighted by molar-refractivity contribution is 0.701. The molecule has 1 nitrogen and oxygen atoms in total. The van der Waals surface area contributed by atoms with Crippen LogP contribution in [0.5, 0.6) is 0 Å². The zero-order valence-corrected chi connectivity index (χ0v) is 28.8. The third-order valence-electron chi connectivity index (χ3n) is 11.3.